The lowest BCUT2D eigenvalue weighted by Gasteiger charge is -2.42. The van der Waals surface area contributed by atoms with Crippen LogP contribution >= 0.6 is 0 Å². The number of hydrogen-bond acceptors (Lipinski definition) is 2. The molecule has 1 fully saturated rings. The first-order valence-electron chi connectivity index (χ1n) is 6.98. The van der Waals surface area contributed by atoms with Crippen LogP contribution in [-0.2, 0) is 9.47 Å². The fraction of sp³-hybridized carbons (Fsp3) is 0.444. The molecule has 0 radical (unpaired) electrons. The number of ether oxygens (including phenoxy) is 2. The third kappa shape index (κ3) is 3.96. The first kappa shape index (κ1) is 14.8. The number of hydrogen-bond donors (Lipinski definition) is 0. The van der Waals surface area contributed by atoms with Gasteiger partial charge in [0.15, 0.2) is 5.79 Å². The molecule has 20 heavy (non-hydrogen) atoms. The van der Waals surface area contributed by atoms with Crippen molar-refractivity contribution in [2.45, 2.75) is 32.5 Å². The van der Waals surface area contributed by atoms with Gasteiger partial charge in [0.25, 0.3) is 0 Å². The van der Waals surface area contributed by atoms with Crippen LogP contribution in [0.3, 0.4) is 0 Å². The molecule has 2 nitrogen and oxygen atoms in total. The van der Waals surface area contributed by atoms with E-state index in [2.05, 4.69) is 18.4 Å². The van der Waals surface area contributed by atoms with Crippen molar-refractivity contribution in [3.05, 3.63) is 48.6 Å². The molecule has 0 saturated carbocycles. The van der Waals surface area contributed by atoms with Crippen molar-refractivity contribution >= 4 is 0 Å². The molecule has 0 amide bonds. The molecule has 1 aliphatic rings. The monoisotopic (exact) mass is 270 g/mol. The zero-order valence-corrected chi connectivity index (χ0v) is 12.3. The van der Waals surface area contributed by atoms with Gasteiger partial charge in [0.05, 0.1) is 13.2 Å². The molecule has 1 aromatic rings. The van der Waals surface area contributed by atoms with Crippen molar-refractivity contribution in [1.82, 2.24) is 0 Å². The van der Waals surface area contributed by atoms with Gasteiger partial charge in [-0.25, -0.2) is 0 Å². The summed E-state index contributed by atoms with van der Waals surface area (Å²) >= 11 is 0. The fourth-order valence-corrected chi connectivity index (χ4v) is 2.19. The summed E-state index contributed by atoms with van der Waals surface area (Å²) in [7, 11) is 0. The van der Waals surface area contributed by atoms with Crippen molar-refractivity contribution in [3.8, 4) is 11.8 Å². The summed E-state index contributed by atoms with van der Waals surface area (Å²) in [6, 6.07) is 10.0. The molecule has 0 bridgehead atoms. The summed E-state index contributed by atoms with van der Waals surface area (Å²) in [6.45, 7) is 9.06. The van der Waals surface area contributed by atoms with E-state index in [0.29, 0.717) is 13.2 Å². The predicted molar refractivity (Wildman–Crippen MR) is 81.2 cm³/mol. The van der Waals surface area contributed by atoms with Gasteiger partial charge in [0.1, 0.15) is 0 Å². The highest BCUT2D eigenvalue weighted by molar-refractivity contribution is 5.33. The standard InChI is InChI=1S/C18H22O2/c1-4-12-18(14-19-17(2,3)20-15-18)13-8-11-16-9-6-5-7-10-16/h4-7,9-10H,1,12-15H2,2-3H3. The average molecular weight is 270 g/mol. The molecule has 0 N–H and O–H groups in total. The smallest absolute Gasteiger partial charge is 0.162 e. The van der Waals surface area contributed by atoms with Gasteiger partial charge >= 0.3 is 0 Å². The first-order valence-corrected chi connectivity index (χ1v) is 6.98. The van der Waals surface area contributed by atoms with E-state index < -0.39 is 5.79 Å². The van der Waals surface area contributed by atoms with E-state index in [4.69, 9.17) is 9.47 Å². The van der Waals surface area contributed by atoms with Crippen LogP contribution in [0.15, 0.2) is 43.0 Å². The Balaban J connectivity index is 2.04. The summed E-state index contributed by atoms with van der Waals surface area (Å²) in [6.07, 6.45) is 3.53. The topological polar surface area (TPSA) is 18.5 Å². The molecule has 0 unspecified atom stereocenters. The lowest BCUT2D eigenvalue weighted by atomic mass is 9.82. The van der Waals surface area contributed by atoms with Gasteiger partial charge in [-0.3, -0.25) is 0 Å². The lowest BCUT2D eigenvalue weighted by molar-refractivity contribution is -0.284. The Morgan fingerprint density at radius 1 is 1.20 bits per heavy atom. The van der Waals surface area contributed by atoms with E-state index in [-0.39, 0.29) is 5.41 Å². The van der Waals surface area contributed by atoms with Crippen LogP contribution in [-0.4, -0.2) is 19.0 Å². The maximum atomic E-state index is 5.80. The summed E-state index contributed by atoms with van der Waals surface area (Å²) in [5.74, 6) is 5.98. The minimum Gasteiger partial charge on any atom is -0.350 e. The molecule has 0 aromatic heterocycles. The second-order valence-corrected chi connectivity index (χ2v) is 5.81. The van der Waals surface area contributed by atoms with Gasteiger partial charge in [-0.05, 0) is 32.4 Å². The quantitative estimate of drug-likeness (QED) is 0.615. The largest absolute Gasteiger partial charge is 0.350 e. The number of rotatable bonds is 3. The summed E-state index contributed by atoms with van der Waals surface area (Å²) in [5.41, 5.74) is 0.971. The van der Waals surface area contributed by atoms with Gasteiger partial charge in [-0.1, -0.05) is 36.1 Å². The van der Waals surface area contributed by atoms with Crippen molar-refractivity contribution < 1.29 is 9.47 Å². The van der Waals surface area contributed by atoms with E-state index in [9.17, 15) is 0 Å². The average Bonchev–Trinajstić information content (AvgIpc) is 2.44. The van der Waals surface area contributed by atoms with Crippen molar-refractivity contribution in [3.63, 3.8) is 0 Å². The summed E-state index contributed by atoms with van der Waals surface area (Å²) in [5, 5.41) is 0. The Labute approximate surface area is 121 Å². The van der Waals surface area contributed by atoms with Crippen LogP contribution in [0.4, 0.5) is 0 Å². The highest BCUT2D eigenvalue weighted by Gasteiger charge is 2.38. The molecule has 1 aliphatic heterocycles. The Hall–Kier alpha value is -1.56. The maximum absolute atomic E-state index is 5.80. The number of benzene rings is 1. The molecular weight excluding hydrogens is 248 g/mol. The molecule has 0 atom stereocenters. The second-order valence-electron chi connectivity index (χ2n) is 5.81. The second kappa shape index (κ2) is 6.26. The van der Waals surface area contributed by atoms with Gasteiger partial charge in [-0.15, -0.1) is 6.58 Å². The molecule has 0 spiro atoms. The van der Waals surface area contributed by atoms with E-state index in [1.807, 2.05) is 50.3 Å². The van der Waals surface area contributed by atoms with E-state index in [1.165, 1.54) is 0 Å². The summed E-state index contributed by atoms with van der Waals surface area (Å²) in [4.78, 5) is 0. The van der Waals surface area contributed by atoms with Crippen molar-refractivity contribution in [1.29, 1.82) is 0 Å². The normalized spacial score (nSPS) is 19.7. The molecule has 1 aromatic carbocycles. The third-order valence-electron chi connectivity index (χ3n) is 3.50. The van der Waals surface area contributed by atoms with Gasteiger partial charge in [0, 0.05) is 17.4 Å². The van der Waals surface area contributed by atoms with E-state index in [1.54, 1.807) is 0 Å². The minimum atomic E-state index is -0.489. The fourth-order valence-electron chi connectivity index (χ4n) is 2.19. The number of allylic oxidation sites excluding steroid dienone is 1. The van der Waals surface area contributed by atoms with Crippen LogP contribution in [0.5, 0.6) is 0 Å². The zero-order valence-electron chi connectivity index (χ0n) is 12.3. The minimum absolute atomic E-state index is 0.0704. The van der Waals surface area contributed by atoms with E-state index >= 15 is 0 Å². The molecular formula is C18H22O2. The van der Waals surface area contributed by atoms with E-state index in [0.717, 1.165) is 18.4 Å². The van der Waals surface area contributed by atoms with Crippen LogP contribution < -0.4 is 0 Å². The SMILES string of the molecule is C=CCC1(CC#Cc2ccccc2)COC(C)(C)OC1. The van der Waals surface area contributed by atoms with Crippen LogP contribution in [0.1, 0.15) is 32.3 Å². The molecule has 2 rings (SSSR count). The molecule has 1 saturated heterocycles. The molecule has 0 aliphatic carbocycles. The van der Waals surface area contributed by atoms with Gasteiger partial charge in [0.2, 0.25) is 0 Å². The lowest BCUT2D eigenvalue weighted by Crippen LogP contribution is -2.46. The zero-order chi connectivity index (χ0) is 14.5. The third-order valence-corrected chi connectivity index (χ3v) is 3.50. The van der Waals surface area contributed by atoms with Crippen molar-refractivity contribution in [2.75, 3.05) is 13.2 Å². The van der Waals surface area contributed by atoms with Crippen LogP contribution in [0.2, 0.25) is 0 Å². The Morgan fingerprint density at radius 3 is 2.45 bits per heavy atom. The highest BCUT2D eigenvalue weighted by atomic mass is 16.7. The van der Waals surface area contributed by atoms with Crippen LogP contribution in [0.25, 0.3) is 0 Å². The highest BCUT2D eigenvalue weighted by Crippen LogP contribution is 2.35. The summed E-state index contributed by atoms with van der Waals surface area (Å²) < 4.78 is 11.6. The Kier molecular flexibility index (Phi) is 4.65. The van der Waals surface area contributed by atoms with Crippen LogP contribution in [0, 0.1) is 17.3 Å². The van der Waals surface area contributed by atoms with Gasteiger partial charge in [-0.2, -0.15) is 0 Å². The van der Waals surface area contributed by atoms with Crippen molar-refractivity contribution in [2.24, 2.45) is 5.41 Å². The molecule has 2 heteroatoms. The first-order chi connectivity index (χ1) is 9.55. The Bertz CT molecular complexity index is 495. The molecule has 106 valence electrons. The predicted octanol–water partition coefficient (Wildman–Crippen LogP) is 3.77. The maximum Gasteiger partial charge on any atom is 0.162 e. The Morgan fingerprint density at radius 2 is 1.85 bits per heavy atom. The van der Waals surface area contributed by atoms with Gasteiger partial charge < -0.3 is 9.47 Å². The molecule has 1 heterocycles.